The van der Waals surface area contributed by atoms with Crippen molar-refractivity contribution in [3.63, 3.8) is 0 Å². The highest BCUT2D eigenvalue weighted by Gasteiger charge is 2.27. The predicted molar refractivity (Wildman–Crippen MR) is 128 cm³/mol. The van der Waals surface area contributed by atoms with Crippen LogP contribution in [0.5, 0.6) is 5.75 Å². The molecule has 1 saturated heterocycles. The van der Waals surface area contributed by atoms with Crippen molar-refractivity contribution in [3.8, 4) is 5.75 Å². The zero-order valence-corrected chi connectivity index (χ0v) is 18.7. The minimum absolute atomic E-state index is 0.0816. The molecular weight excluding hydrogens is 406 g/mol. The maximum Gasteiger partial charge on any atom is 0.184 e. The molecule has 1 aromatic heterocycles. The zero-order chi connectivity index (χ0) is 21.2. The number of anilines is 1. The first kappa shape index (κ1) is 20.2. The summed E-state index contributed by atoms with van der Waals surface area (Å²) < 4.78 is 12.9. The summed E-state index contributed by atoms with van der Waals surface area (Å²) in [7, 11) is 3.52. The molecule has 31 heavy (non-hydrogen) atoms. The van der Waals surface area contributed by atoms with Gasteiger partial charge in [0.25, 0.3) is 0 Å². The van der Waals surface area contributed by atoms with E-state index in [9.17, 15) is 0 Å². The number of ether oxygens (including phenoxy) is 2. The number of likely N-dealkylation sites (tertiary alicyclic amines) is 1. The van der Waals surface area contributed by atoms with Gasteiger partial charge in [-0.05, 0) is 48.1 Å². The summed E-state index contributed by atoms with van der Waals surface area (Å²) in [4.78, 5) is 7.14. The molecule has 2 heterocycles. The van der Waals surface area contributed by atoms with Crippen LogP contribution in [0.4, 0.5) is 5.13 Å². The van der Waals surface area contributed by atoms with Crippen LogP contribution < -0.4 is 10.1 Å². The highest BCUT2D eigenvalue weighted by Crippen LogP contribution is 2.34. The smallest absolute Gasteiger partial charge is 0.184 e. The molecule has 0 spiro atoms. The topological polar surface area (TPSA) is 46.6 Å². The fourth-order valence-electron chi connectivity index (χ4n) is 4.49. The van der Waals surface area contributed by atoms with Gasteiger partial charge in [-0.3, -0.25) is 4.90 Å². The minimum Gasteiger partial charge on any atom is -0.496 e. The van der Waals surface area contributed by atoms with E-state index < -0.39 is 0 Å². The van der Waals surface area contributed by atoms with Crippen molar-refractivity contribution in [1.29, 1.82) is 0 Å². The van der Waals surface area contributed by atoms with Gasteiger partial charge in [-0.25, -0.2) is 4.98 Å². The van der Waals surface area contributed by atoms with Crippen molar-refractivity contribution in [2.24, 2.45) is 0 Å². The summed E-state index contributed by atoms with van der Waals surface area (Å²) in [5.41, 5.74) is 2.20. The van der Waals surface area contributed by atoms with Crippen LogP contribution in [0.2, 0.25) is 0 Å². The zero-order valence-electron chi connectivity index (χ0n) is 17.9. The van der Waals surface area contributed by atoms with Gasteiger partial charge in [0, 0.05) is 31.6 Å². The molecule has 0 aliphatic carbocycles. The number of thiazole rings is 1. The molecule has 1 N–H and O–H groups in total. The van der Waals surface area contributed by atoms with E-state index in [2.05, 4.69) is 58.7 Å². The highest BCUT2D eigenvalue weighted by atomic mass is 32.1. The monoisotopic (exact) mass is 433 g/mol. The first-order valence-corrected chi connectivity index (χ1v) is 11.5. The molecule has 1 aliphatic heterocycles. The van der Waals surface area contributed by atoms with Crippen molar-refractivity contribution in [1.82, 2.24) is 9.88 Å². The number of nitrogens with zero attached hydrogens (tertiary/aromatic N) is 2. The number of nitrogens with one attached hydrogen (secondary N) is 1. The second-order valence-electron chi connectivity index (χ2n) is 7.97. The molecule has 0 saturated carbocycles. The van der Waals surface area contributed by atoms with Gasteiger partial charge >= 0.3 is 0 Å². The molecule has 0 amide bonds. The van der Waals surface area contributed by atoms with Gasteiger partial charge in [0.1, 0.15) is 12.0 Å². The average molecular weight is 434 g/mol. The first-order chi connectivity index (χ1) is 15.2. The van der Waals surface area contributed by atoms with Gasteiger partial charge in [0.05, 0.1) is 17.3 Å². The van der Waals surface area contributed by atoms with Crippen molar-refractivity contribution in [2.45, 2.75) is 25.1 Å². The van der Waals surface area contributed by atoms with E-state index in [1.807, 2.05) is 12.1 Å². The molecule has 1 atom stereocenters. The number of rotatable bonds is 6. The fraction of sp³-hybridized carbons (Fsp3) is 0.320. The Morgan fingerprint density at radius 1 is 1.03 bits per heavy atom. The lowest BCUT2D eigenvalue weighted by Gasteiger charge is -2.37. The van der Waals surface area contributed by atoms with E-state index in [-0.39, 0.29) is 6.23 Å². The van der Waals surface area contributed by atoms with Crippen LogP contribution in [0.3, 0.4) is 0 Å². The van der Waals surface area contributed by atoms with Crippen LogP contribution in [0.15, 0.2) is 60.7 Å². The van der Waals surface area contributed by atoms with Crippen molar-refractivity contribution in [2.75, 3.05) is 32.6 Å². The summed E-state index contributed by atoms with van der Waals surface area (Å²) in [5.74, 6) is 0.891. The molecule has 1 unspecified atom stereocenters. The molecule has 5 nitrogen and oxygen atoms in total. The number of piperidine rings is 1. The Morgan fingerprint density at radius 2 is 1.81 bits per heavy atom. The number of para-hydroxylation sites is 1. The maximum atomic E-state index is 5.96. The Morgan fingerprint density at radius 3 is 2.58 bits per heavy atom. The van der Waals surface area contributed by atoms with E-state index in [0.717, 1.165) is 53.3 Å². The Kier molecular flexibility index (Phi) is 5.76. The second kappa shape index (κ2) is 8.83. The Balaban J connectivity index is 1.29. The third kappa shape index (κ3) is 4.11. The summed E-state index contributed by atoms with van der Waals surface area (Å²) in [6.07, 6.45) is 2.03. The van der Waals surface area contributed by atoms with Crippen LogP contribution in [0, 0.1) is 0 Å². The van der Waals surface area contributed by atoms with Crippen LogP contribution in [-0.4, -0.2) is 43.2 Å². The molecule has 6 heteroatoms. The minimum atomic E-state index is -0.0816. The van der Waals surface area contributed by atoms with E-state index in [1.54, 1.807) is 25.6 Å². The second-order valence-corrected chi connectivity index (χ2v) is 9.00. The van der Waals surface area contributed by atoms with Crippen LogP contribution in [-0.2, 0) is 4.74 Å². The number of hydrogen-bond donors (Lipinski definition) is 1. The van der Waals surface area contributed by atoms with Crippen LogP contribution in [0.1, 0.15) is 24.6 Å². The molecular formula is C25H27N3O2S. The number of aromatic nitrogens is 1. The average Bonchev–Trinajstić information content (AvgIpc) is 3.22. The van der Waals surface area contributed by atoms with Gasteiger partial charge in [-0.15, -0.1) is 0 Å². The summed E-state index contributed by atoms with van der Waals surface area (Å²) in [6, 6.07) is 21.4. The Hall–Kier alpha value is -2.67. The number of methoxy groups -OCH3 is 2. The first-order valence-electron chi connectivity index (χ1n) is 10.7. The van der Waals surface area contributed by atoms with Gasteiger partial charge < -0.3 is 14.8 Å². The molecule has 160 valence electrons. The number of hydrogen-bond acceptors (Lipinski definition) is 6. The lowest BCUT2D eigenvalue weighted by atomic mass is 10.0. The van der Waals surface area contributed by atoms with Crippen LogP contribution in [0.25, 0.3) is 21.0 Å². The molecule has 4 aromatic rings. The predicted octanol–water partition coefficient (Wildman–Crippen LogP) is 5.68. The van der Waals surface area contributed by atoms with Gasteiger partial charge in [0.2, 0.25) is 0 Å². The quantitative estimate of drug-likeness (QED) is 0.424. The maximum absolute atomic E-state index is 5.96. The van der Waals surface area contributed by atoms with Crippen molar-refractivity contribution in [3.05, 3.63) is 66.2 Å². The van der Waals surface area contributed by atoms with Crippen molar-refractivity contribution >= 4 is 37.5 Å². The summed E-state index contributed by atoms with van der Waals surface area (Å²) in [6.45, 7) is 1.94. The fourth-order valence-corrected chi connectivity index (χ4v) is 5.43. The van der Waals surface area contributed by atoms with Crippen molar-refractivity contribution < 1.29 is 9.47 Å². The van der Waals surface area contributed by atoms with Gasteiger partial charge in [-0.1, -0.05) is 47.7 Å². The van der Waals surface area contributed by atoms with E-state index >= 15 is 0 Å². The molecule has 3 aromatic carbocycles. The molecule has 1 fully saturated rings. The van der Waals surface area contributed by atoms with E-state index in [1.165, 1.54) is 10.1 Å². The SMILES string of the molecule is COc1cc(C(OC)N2CCC(Nc3nc4ccccc4s3)CC2)cc2ccccc12. The molecule has 0 bridgehead atoms. The third-order valence-electron chi connectivity index (χ3n) is 6.06. The summed E-state index contributed by atoms with van der Waals surface area (Å²) in [5, 5.41) is 6.97. The summed E-state index contributed by atoms with van der Waals surface area (Å²) >= 11 is 1.73. The standard InChI is InChI=1S/C25H27N3O2S/c1-29-22-16-18(15-17-7-3-4-8-20(17)22)24(30-2)28-13-11-19(12-14-28)26-25-27-21-9-5-6-10-23(21)31-25/h3-10,15-16,19,24H,11-14H2,1-2H3,(H,26,27). The van der Waals surface area contributed by atoms with E-state index in [0.29, 0.717) is 6.04 Å². The Labute approximate surface area is 186 Å². The molecule has 5 rings (SSSR count). The van der Waals surface area contributed by atoms with Crippen LogP contribution >= 0.6 is 11.3 Å². The largest absolute Gasteiger partial charge is 0.496 e. The van der Waals surface area contributed by atoms with Gasteiger partial charge in [0.15, 0.2) is 5.13 Å². The lowest BCUT2D eigenvalue weighted by molar-refractivity contribution is -0.0451. The molecule has 1 aliphatic rings. The highest BCUT2D eigenvalue weighted by molar-refractivity contribution is 7.22. The molecule has 0 radical (unpaired) electrons. The Bertz CT molecular complexity index is 1150. The normalized spacial score (nSPS) is 16.6. The third-order valence-corrected chi connectivity index (χ3v) is 7.02. The lowest BCUT2D eigenvalue weighted by Crippen LogP contribution is -2.41. The number of fused-ring (bicyclic) bond motifs is 2. The number of benzene rings is 3. The van der Waals surface area contributed by atoms with E-state index in [4.69, 9.17) is 14.5 Å². The van der Waals surface area contributed by atoms with Gasteiger partial charge in [-0.2, -0.15) is 0 Å².